The molecule has 0 aliphatic carbocycles. The van der Waals surface area contributed by atoms with E-state index in [1.54, 1.807) is 18.2 Å². The second kappa shape index (κ2) is 7.88. The van der Waals surface area contributed by atoms with Gasteiger partial charge in [-0.05, 0) is 23.8 Å². The van der Waals surface area contributed by atoms with Crippen LogP contribution in [0.4, 0.5) is 10.5 Å². The monoisotopic (exact) mass is 363 g/mol. The standard InChI is InChI=1S/C18H19Cl2N3O/c19-16-7-6-15(12-17(16)20)21-18(24)23-10-8-22(9-11-23)13-14-4-2-1-3-5-14/h1-7,12H,8-11,13H2,(H,21,24). The van der Waals surface area contributed by atoms with Crippen molar-refractivity contribution in [2.75, 3.05) is 31.5 Å². The van der Waals surface area contributed by atoms with Gasteiger partial charge in [0, 0.05) is 38.4 Å². The Hall–Kier alpha value is -1.75. The highest BCUT2D eigenvalue weighted by Gasteiger charge is 2.21. The Labute approximate surface area is 152 Å². The molecule has 1 N–H and O–H groups in total. The third-order valence-corrected chi connectivity index (χ3v) is 4.82. The fourth-order valence-electron chi connectivity index (χ4n) is 2.73. The molecular weight excluding hydrogens is 345 g/mol. The van der Waals surface area contributed by atoms with Gasteiger partial charge in [0.2, 0.25) is 0 Å². The van der Waals surface area contributed by atoms with E-state index in [2.05, 4.69) is 34.5 Å². The van der Waals surface area contributed by atoms with Crippen LogP contribution in [-0.4, -0.2) is 42.0 Å². The van der Waals surface area contributed by atoms with E-state index in [0.717, 1.165) is 19.6 Å². The Morgan fingerprint density at radius 2 is 1.67 bits per heavy atom. The Morgan fingerprint density at radius 3 is 2.33 bits per heavy atom. The van der Waals surface area contributed by atoms with Crippen molar-refractivity contribution >= 4 is 34.9 Å². The molecule has 2 aromatic rings. The molecule has 0 aromatic heterocycles. The van der Waals surface area contributed by atoms with Crippen LogP contribution in [0.2, 0.25) is 10.0 Å². The number of amides is 2. The van der Waals surface area contributed by atoms with Gasteiger partial charge in [-0.15, -0.1) is 0 Å². The first kappa shape index (κ1) is 17.1. The third-order valence-electron chi connectivity index (χ3n) is 4.08. The third kappa shape index (κ3) is 4.41. The first-order valence-electron chi connectivity index (χ1n) is 7.89. The molecule has 4 nitrogen and oxygen atoms in total. The van der Waals surface area contributed by atoms with Crippen molar-refractivity contribution in [1.29, 1.82) is 0 Å². The average Bonchev–Trinajstić information content (AvgIpc) is 2.60. The summed E-state index contributed by atoms with van der Waals surface area (Å²) < 4.78 is 0. The highest BCUT2D eigenvalue weighted by atomic mass is 35.5. The number of hydrogen-bond acceptors (Lipinski definition) is 2. The zero-order chi connectivity index (χ0) is 16.9. The SMILES string of the molecule is O=C(Nc1ccc(Cl)c(Cl)c1)N1CCN(Cc2ccccc2)CC1. The van der Waals surface area contributed by atoms with Crippen LogP contribution in [0.1, 0.15) is 5.56 Å². The minimum atomic E-state index is -0.104. The molecule has 0 saturated carbocycles. The Kier molecular flexibility index (Phi) is 5.61. The molecule has 0 bridgehead atoms. The number of carbonyl (C=O) groups is 1. The summed E-state index contributed by atoms with van der Waals surface area (Å²) in [4.78, 5) is 16.5. The Balaban J connectivity index is 1.50. The summed E-state index contributed by atoms with van der Waals surface area (Å²) in [7, 11) is 0. The highest BCUT2D eigenvalue weighted by Crippen LogP contribution is 2.25. The maximum Gasteiger partial charge on any atom is 0.321 e. The molecule has 0 atom stereocenters. The molecule has 0 radical (unpaired) electrons. The molecule has 1 heterocycles. The van der Waals surface area contributed by atoms with E-state index in [9.17, 15) is 4.79 Å². The van der Waals surface area contributed by atoms with Crippen LogP contribution in [0.3, 0.4) is 0 Å². The van der Waals surface area contributed by atoms with Gasteiger partial charge >= 0.3 is 6.03 Å². The van der Waals surface area contributed by atoms with Gasteiger partial charge < -0.3 is 10.2 Å². The van der Waals surface area contributed by atoms with Crippen LogP contribution < -0.4 is 5.32 Å². The lowest BCUT2D eigenvalue weighted by molar-refractivity contribution is 0.143. The predicted octanol–water partition coefficient (Wildman–Crippen LogP) is 4.34. The van der Waals surface area contributed by atoms with E-state index < -0.39 is 0 Å². The number of anilines is 1. The summed E-state index contributed by atoms with van der Waals surface area (Å²) in [6.07, 6.45) is 0. The quantitative estimate of drug-likeness (QED) is 0.879. The number of hydrogen-bond donors (Lipinski definition) is 1. The van der Waals surface area contributed by atoms with E-state index in [-0.39, 0.29) is 6.03 Å². The van der Waals surface area contributed by atoms with Crippen molar-refractivity contribution in [2.24, 2.45) is 0 Å². The number of halogens is 2. The normalized spacial score (nSPS) is 15.3. The number of benzene rings is 2. The lowest BCUT2D eigenvalue weighted by atomic mass is 10.2. The molecular formula is C18H19Cl2N3O. The lowest BCUT2D eigenvalue weighted by Crippen LogP contribution is -2.49. The van der Waals surface area contributed by atoms with Crippen LogP contribution >= 0.6 is 23.2 Å². The Bertz CT molecular complexity index is 701. The van der Waals surface area contributed by atoms with Gasteiger partial charge in [0.15, 0.2) is 0 Å². The van der Waals surface area contributed by atoms with Gasteiger partial charge in [0.25, 0.3) is 0 Å². The smallest absolute Gasteiger partial charge is 0.321 e. The number of piperazine rings is 1. The lowest BCUT2D eigenvalue weighted by Gasteiger charge is -2.34. The second-order valence-electron chi connectivity index (χ2n) is 5.81. The molecule has 126 valence electrons. The first-order chi connectivity index (χ1) is 11.6. The second-order valence-corrected chi connectivity index (χ2v) is 6.62. The maximum atomic E-state index is 12.3. The molecule has 1 fully saturated rings. The van der Waals surface area contributed by atoms with E-state index in [1.807, 2.05) is 11.0 Å². The van der Waals surface area contributed by atoms with Crippen molar-refractivity contribution in [3.05, 3.63) is 64.1 Å². The average molecular weight is 364 g/mol. The minimum absolute atomic E-state index is 0.104. The number of carbonyl (C=O) groups excluding carboxylic acids is 1. The maximum absolute atomic E-state index is 12.3. The molecule has 1 aliphatic rings. The van der Waals surface area contributed by atoms with Crippen molar-refractivity contribution in [2.45, 2.75) is 6.54 Å². The van der Waals surface area contributed by atoms with Crippen LogP contribution in [0.15, 0.2) is 48.5 Å². The number of rotatable bonds is 3. The molecule has 6 heteroatoms. The molecule has 2 aromatic carbocycles. The zero-order valence-corrected chi connectivity index (χ0v) is 14.7. The fraction of sp³-hybridized carbons (Fsp3) is 0.278. The molecule has 1 aliphatic heterocycles. The van der Waals surface area contributed by atoms with Crippen molar-refractivity contribution < 1.29 is 4.79 Å². The summed E-state index contributed by atoms with van der Waals surface area (Å²) in [6.45, 7) is 4.07. The van der Waals surface area contributed by atoms with E-state index in [1.165, 1.54) is 5.56 Å². The fourth-order valence-corrected chi connectivity index (χ4v) is 3.03. The van der Waals surface area contributed by atoms with E-state index in [4.69, 9.17) is 23.2 Å². The molecule has 3 rings (SSSR count). The topological polar surface area (TPSA) is 35.6 Å². The highest BCUT2D eigenvalue weighted by molar-refractivity contribution is 6.42. The van der Waals surface area contributed by atoms with Crippen LogP contribution in [-0.2, 0) is 6.54 Å². The summed E-state index contributed by atoms with van der Waals surface area (Å²) >= 11 is 11.9. The van der Waals surface area contributed by atoms with Crippen molar-refractivity contribution in [3.8, 4) is 0 Å². The van der Waals surface area contributed by atoms with Crippen LogP contribution in [0.5, 0.6) is 0 Å². The summed E-state index contributed by atoms with van der Waals surface area (Å²) in [6, 6.07) is 15.4. The van der Waals surface area contributed by atoms with E-state index in [0.29, 0.717) is 28.8 Å². The molecule has 0 unspecified atom stereocenters. The minimum Gasteiger partial charge on any atom is -0.322 e. The molecule has 0 spiro atoms. The number of nitrogens with zero attached hydrogens (tertiary/aromatic N) is 2. The van der Waals surface area contributed by atoms with Gasteiger partial charge in [0.1, 0.15) is 0 Å². The number of nitrogens with one attached hydrogen (secondary N) is 1. The van der Waals surface area contributed by atoms with Gasteiger partial charge in [-0.2, -0.15) is 0 Å². The van der Waals surface area contributed by atoms with Crippen LogP contribution in [0, 0.1) is 0 Å². The summed E-state index contributed by atoms with van der Waals surface area (Å²) in [5, 5.41) is 3.78. The zero-order valence-electron chi connectivity index (χ0n) is 13.2. The summed E-state index contributed by atoms with van der Waals surface area (Å²) in [5.74, 6) is 0. The van der Waals surface area contributed by atoms with E-state index >= 15 is 0 Å². The Morgan fingerprint density at radius 1 is 0.958 bits per heavy atom. The number of urea groups is 1. The first-order valence-corrected chi connectivity index (χ1v) is 8.65. The van der Waals surface area contributed by atoms with Gasteiger partial charge in [-0.25, -0.2) is 4.79 Å². The molecule has 1 saturated heterocycles. The molecule has 2 amide bonds. The predicted molar refractivity (Wildman–Crippen MR) is 98.8 cm³/mol. The van der Waals surface area contributed by atoms with Gasteiger partial charge in [0.05, 0.1) is 10.0 Å². The summed E-state index contributed by atoms with van der Waals surface area (Å²) in [5.41, 5.74) is 1.95. The van der Waals surface area contributed by atoms with Gasteiger partial charge in [-0.1, -0.05) is 53.5 Å². The van der Waals surface area contributed by atoms with Crippen LogP contribution in [0.25, 0.3) is 0 Å². The van der Waals surface area contributed by atoms with Crippen molar-refractivity contribution in [3.63, 3.8) is 0 Å². The largest absolute Gasteiger partial charge is 0.322 e. The van der Waals surface area contributed by atoms with Crippen molar-refractivity contribution in [1.82, 2.24) is 9.80 Å². The van der Waals surface area contributed by atoms with Gasteiger partial charge in [-0.3, -0.25) is 4.90 Å². The molecule has 24 heavy (non-hydrogen) atoms.